The maximum atomic E-state index is 12.8. The van der Waals surface area contributed by atoms with Crippen LogP contribution < -0.4 is 0 Å². The van der Waals surface area contributed by atoms with Crippen LogP contribution in [0.25, 0.3) is 28.5 Å². The minimum absolute atomic E-state index is 0.0437. The second kappa shape index (κ2) is 7.54. The molecule has 0 unspecified atom stereocenters. The lowest BCUT2D eigenvalue weighted by Crippen LogP contribution is -2.11. The zero-order chi connectivity index (χ0) is 22.3. The number of aromatic nitrogens is 7. The Morgan fingerprint density at radius 3 is 2.68 bits per heavy atom. The number of aryl methyl sites for hydroxylation is 2. The molecule has 4 heterocycles. The third-order valence-electron chi connectivity index (χ3n) is 4.71. The largest absolute Gasteiger partial charge is 0.463 e. The first kappa shape index (κ1) is 20.6. The first-order chi connectivity index (χ1) is 14.7. The minimum atomic E-state index is -3.61. The topological polar surface area (TPSA) is 135 Å². The number of ether oxygens (including phenoxy) is 1. The highest BCUT2D eigenvalue weighted by Crippen LogP contribution is 2.29. The van der Waals surface area contributed by atoms with E-state index in [0.717, 1.165) is 5.56 Å². The Hall–Kier alpha value is -3.67. The summed E-state index contributed by atoms with van der Waals surface area (Å²) in [5.74, 6) is -0.323. The number of nitrogens with zero attached hydrogens (tertiary/aromatic N) is 7. The van der Waals surface area contributed by atoms with Gasteiger partial charge in [-0.15, -0.1) is 5.10 Å². The van der Waals surface area contributed by atoms with E-state index in [9.17, 15) is 13.2 Å². The van der Waals surface area contributed by atoms with Crippen molar-refractivity contribution in [1.29, 1.82) is 0 Å². The molecule has 0 N–H and O–H groups in total. The van der Waals surface area contributed by atoms with Crippen LogP contribution in [0.15, 0.2) is 35.6 Å². The van der Waals surface area contributed by atoms with Gasteiger partial charge in [-0.25, -0.2) is 37.8 Å². The summed E-state index contributed by atoms with van der Waals surface area (Å²) < 4.78 is 33.1. The first-order valence-corrected chi connectivity index (χ1v) is 10.9. The highest BCUT2D eigenvalue weighted by Gasteiger charge is 2.24. The molecule has 0 aliphatic heterocycles. The number of carbonyl (C=O) groups excluding carboxylic acids is 1. The summed E-state index contributed by atoms with van der Waals surface area (Å²) >= 11 is 0. The lowest BCUT2D eigenvalue weighted by atomic mass is 10.3. The Morgan fingerprint density at radius 1 is 1.19 bits per heavy atom. The molecule has 12 heteroatoms. The molecule has 31 heavy (non-hydrogen) atoms. The molecular weight excluding hydrogens is 422 g/mol. The fourth-order valence-electron chi connectivity index (χ4n) is 3.08. The molecule has 0 saturated carbocycles. The molecular formula is C19H19N7O4S. The molecule has 0 aliphatic rings. The number of esters is 1. The molecule has 0 saturated heterocycles. The van der Waals surface area contributed by atoms with E-state index in [1.807, 2.05) is 13.0 Å². The third-order valence-corrected chi connectivity index (χ3v) is 6.47. The van der Waals surface area contributed by atoms with E-state index >= 15 is 0 Å². The quantitative estimate of drug-likeness (QED) is 0.422. The van der Waals surface area contributed by atoms with Crippen LogP contribution in [-0.2, 0) is 21.6 Å². The van der Waals surface area contributed by atoms with Crippen molar-refractivity contribution in [2.75, 3.05) is 12.9 Å². The predicted molar refractivity (Wildman–Crippen MR) is 110 cm³/mol. The van der Waals surface area contributed by atoms with E-state index in [4.69, 9.17) is 0 Å². The van der Waals surface area contributed by atoms with Crippen LogP contribution in [0.2, 0.25) is 0 Å². The van der Waals surface area contributed by atoms with Crippen molar-refractivity contribution < 1.29 is 17.9 Å². The number of imidazole rings is 1. The van der Waals surface area contributed by atoms with E-state index in [1.54, 1.807) is 24.7 Å². The first-order valence-electron chi connectivity index (χ1n) is 9.28. The normalized spacial score (nSPS) is 11.7. The third kappa shape index (κ3) is 3.54. The van der Waals surface area contributed by atoms with E-state index in [0.29, 0.717) is 17.0 Å². The van der Waals surface area contributed by atoms with Crippen LogP contribution in [0.1, 0.15) is 23.1 Å². The molecule has 4 rings (SSSR count). The van der Waals surface area contributed by atoms with Crippen LogP contribution in [0.4, 0.5) is 0 Å². The van der Waals surface area contributed by atoms with Crippen LogP contribution >= 0.6 is 0 Å². The van der Waals surface area contributed by atoms with Gasteiger partial charge in [0.05, 0.1) is 17.8 Å². The molecule has 4 aromatic heterocycles. The van der Waals surface area contributed by atoms with Crippen molar-refractivity contribution in [3.63, 3.8) is 0 Å². The number of carbonyl (C=O) groups is 1. The van der Waals surface area contributed by atoms with Gasteiger partial charge in [-0.2, -0.15) is 0 Å². The van der Waals surface area contributed by atoms with E-state index in [-0.39, 0.29) is 28.0 Å². The summed E-state index contributed by atoms with van der Waals surface area (Å²) in [7, 11) is -0.634. The van der Waals surface area contributed by atoms with Crippen LogP contribution in [0.5, 0.6) is 0 Å². The SMILES string of the molecule is CCS(=O)(=O)c1ccc(-n2cnc(C(=O)OC)n2)nc1-c1nc2cc(C)cnc2n1C. The van der Waals surface area contributed by atoms with Gasteiger partial charge in [-0.05, 0) is 30.7 Å². The van der Waals surface area contributed by atoms with Gasteiger partial charge in [0, 0.05) is 13.2 Å². The maximum absolute atomic E-state index is 12.8. The van der Waals surface area contributed by atoms with Gasteiger partial charge in [0.1, 0.15) is 17.5 Å². The lowest BCUT2D eigenvalue weighted by Gasteiger charge is -2.10. The Balaban J connectivity index is 1.95. The lowest BCUT2D eigenvalue weighted by molar-refractivity contribution is 0.0587. The Kier molecular flexibility index (Phi) is 5.01. The standard InChI is InChI=1S/C19H19N7O4S/c1-5-31(28,29)13-6-7-14(26-10-21-16(24-26)19(27)30-4)23-15(13)18-22-12-8-11(2)9-20-17(12)25(18)3/h6-10H,5H2,1-4H3. The summed E-state index contributed by atoms with van der Waals surface area (Å²) in [6.07, 6.45) is 3.01. The highest BCUT2D eigenvalue weighted by atomic mass is 32.2. The fourth-order valence-corrected chi connectivity index (χ4v) is 4.09. The molecule has 0 atom stereocenters. The molecule has 0 radical (unpaired) electrons. The van der Waals surface area contributed by atoms with Gasteiger partial charge >= 0.3 is 5.97 Å². The zero-order valence-corrected chi connectivity index (χ0v) is 18.1. The number of methoxy groups -OCH3 is 1. The van der Waals surface area contributed by atoms with Gasteiger partial charge in [0.15, 0.2) is 27.1 Å². The van der Waals surface area contributed by atoms with Gasteiger partial charge in [-0.3, -0.25) is 0 Å². The number of hydrogen-bond donors (Lipinski definition) is 0. The monoisotopic (exact) mass is 441 g/mol. The average Bonchev–Trinajstić information content (AvgIpc) is 3.38. The molecule has 11 nitrogen and oxygen atoms in total. The molecule has 4 aromatic rings. The molecule has 0 aliphatic carbocycles. The van der Waals surface area contributed by atoms with Crippen molar-refractivity contribution in [1.82, 2.24) is 34.3 Å². The number of pyridine rings is 2. The van der Waals surface area contributed by atoms with Crippen LogP contribution in [0, 0.1) is 6.92 Å². The summed E-state index contributed by atoms with van der Waals surface area (Å²) in [6.45, 7) is 3.46. The Morgan fingerprint density at radius 2 is 1.97 bits per heavy atom. The number of sulfone groups is 1. The number of hydrogen-bond acceptors (Lipinski definition) is 9. The minimum Gasteiger partial charge on any atom is -0.463 e. The second-order valence-corrected chi connectivity index (χ2v) is 9.02. The van der Waals surface area contributed by atoms with Gasteiger partial charge in [0.25, 0.3) is 5.82 Å². The average molecular weight is 441 g/mol. The van der Waals surface area contributed by atoms with E-state index < -0.39 is 15.8 Å². The molecule has 0 bridgehead atoms. The van der Waals surface area contributed by atoms with Crippen molar-refractivity contribution in [3.05, 3.63) is 42.1 Å². The molecule has 0 amide bonds. The Labute approximate surface area is 177 Å². The van der Waals surface area contributed by atoms with Crippen LogP contribution in [-0.4, -0.2) is 61.5 Å². The maximum Gasteiger partial charge on any atom is 0.377 e. The zero-order valence-electron chi connectivity index (χ0n) is 17.3. The van der Waals surface area contributed by atoms with Crippen molar-refractivity contribution >= 4 is 27.0 Å². The van der Waals surface area contributed by atoms with E-state index in [1.165, 1.54) is 30.3 Å². The molecule has 0 spiro atoms. The van der Waals surface area contributed by atoms with Gasteiger partial charge < -0.3 is 9.30 Å². The summed E-state index contributed by atoms with van der Waals surface area (Å²) in [6, 6.07) is 4.81. The van der Waals surface area contributed by atoms with Crippen LogP contribution in [0.3, 0.4) is 0 Å². The number of rotatable bonds is 5. The highest BCUT2D eigenvalue weighted by molar-refractivity contribution is 7.91. The molecule has 0 aromatic carbocycles. The second-order valence-electron chi connectivity index (χ2n) is 6.77. The fraction of sp³-hybridized carbons (Fsp3) is 0.263. The summed E-state index contributed by atoms with van der Waals surface area (Å²) in [5.41, 5.74) is 2.31. The predicted octanol–water partition coefficient (Wildman–Crippen LogP) is 1.50. The van der Waals surface area contributed by atoms with Crippen molar-refractivity contribution in [2.24, 2.45) is 7.05 Å². The van der Waals surface area contributed by atoms with E-state index in [2.05, 4.69) is 29.8 Å². The Bertz CT molecular complexity index is 1420. The molecule has 0 fully saturated rings. The summed E-state index contributed by atoms with van der Waals surface area (Å²) in [4.78, 5) is 29.1. The molecule has 160 valence electrons. The van der Waals surface area contributed by atoms with Crippen molar-refractivity contribution in [2.45, 2.75) is 18.7 Å². The van der Waals surface area contributed by atoms with Gasteiger partial charge in [-0.1, -0.05) is 6.92 Å². The van der Waals surface area contributed by atoms with Gasteiger partial charge in [0.2, 0.25) is 0 Å². The number of fused-ring (bicyclic) bond motifs is 1. The summed E-state index contributed by atoms with van der Waals surface area (Å²) in [5, 5.41) is 4.05. The van der Waals surface area contributed by atoms with Crippen molar-refractivity contribution in [3.8, 4) is 17.3 Å². The smallest absolute Gasteiger partial charge is 0.377 e.